The number of thiophene rings is 6. The molecule has 9 aromatic rings. The first-order chi connectivity index (χ1) is 42.9. The van der Waals surface area contributed by atoms with E-state index in [1.54, 1.807) is 23.5 Å². The third-order valence-electron chi connectivity index (χ3n) is 19.1. The van der Waals surface area contributed by atoms with Crippen LogP contribution in [0.25, 0.3) is 78.3 Å². The van der Waals surface area contributed by atoms with Gasteiger partial charge in [-0.2, -0.15) is 0 Å². The first-order valence-corrected chi connectivity index (χ1v) is 38.2. The zero-order chi connectivity index (χ0) is 61.6. The van der Waals surface area contributed by atoms with Crippen LogP contribution in [0, 0.1) is 23.7 Å². The summed E-state index contributed by atoms with van der Waals surface area (Å²) in [7, 11) is 0. The maximum absolute atomic E-state index is 14.1. The molecule has 0 fully saturated rings. The number of unbranched alkanes of at least 4 members (excludes halogenated alkanes) is 4. The average Bonchev–Trinajstić information content (AvgIpc) is 1.56. The topological polar surface area (TPSA) is 51.2 Å². The van der Waals surface area contributed by atoms with Crippen LogP contribution in [0.2, 0.25) is 0 Å². The van der Waals surface area contributed by atoms with Gasteiger partial charge in [-0.25, -0.2) is 0 Å². The van der Waals surface area contributed by atoms with Gasteiger partial charge in [-0.3, -0.25) is 14.4 Å². The van der Waals surface area contributed by atoms with Gasteiger partial charge in [-0.15, -0.1) is 68.0 Å². The van der Waals surface area contributed by atoms with Crippen LogP contribution < -0.4 is 0 Å². The molecular weight excluding hydrogens is 1190 g/mol. The maximum Gasteiger partial charge on any atom is 0.197 e. The van der Waals surface area contributed by atoms with Crippen LogP contribution in [-0.2, 0) is 25.7 Å². The highest BCUT2D eigenvalue weighted by Gasteiger charge is 2.34. The van der Waals surface area contributed by atoms with Gasteiger partial charge in [0.1, 0.15) is 0 Å². The number of Topliss-reactive ketones (excluding diaryl/α,β-unsaturated/α-hetero) is 3. The van der Waals surface area contributed by atoms with Crippen molar-refractivity contribution in [1.82, 2.24) is 0 Å². The highest BCUT2D eigenvalue weighted by molar-refractivity contribution is 7.29. The minimum absolute atomic E-state index is 0.0634. The van der Waals surface area contributed by atoms with E-state index >= 15 is 0 Å². The van der Waals surface area contributed by atoms with E-state index in [1.807, 2.05) is 99.2 Å². The molecule has 0 N–H and O–H groups in total. The number of benzene rings is 3. The Hall–Kier alpha value is -5.39. The first-order valence-electron chi connectivity index (χ1n) is 33.3. The molecule has 11 rings (SSSR count). The summed E-state index contributed by atoms with van der Waals surface area (Å²) in [5.74, 6) is 2.10. The van der Waals surface area contributed by atoms with Gasteiger partial charge in [-0.05, 0) is 132 Å². The molecule has 3 nitrogen and oxygen atoms in total. The maximum atomic E-state index is 14.1. The number of hydrogen-bond acceptors (Lipinski definition) is 9. The highest BCUT2D eigenvalue weighted by Crippen LogP contribution is 2.56. The molecule has 4 unspecified atom stereocenters. The van der Waals surface area contributed by atoms with E-state index in [-0.39, 0.29) is 22.9 Å². The van der Waals surface area contributed by atoms with E-state index in [0.29, 0.717) is 40.4 Å². The SMILES string of the molecule is C=C1/C(=C/c2cc(CC(CC)CCCC)c(-c3cc4c(-c5ccc(CC(CC)CCCC)s5)c5sc(-c6sc(C=C7C(=O)c8ccccc8C7=O)cc6CC(CC)CCCC)cc5c(-c5ccc(CC(CC)CCCC)s5)c4s3)s2)C(=O)c2ccccc21. The molecule has 3 aromatic carbocycles. The molecule has 2 aliphatic carbocycles. The van der Waals surface area contributed by atoms with Crippen molar-refractivity contribution < 1.29 is 14.4 Å². The molecule has 0 radical (unpaired) electrons. The molecule has 2 aliphatic rings. The van der Waals surface area contributed by atoms with Gasteiger partial charge >= 0.3 is 0 Å². The van der Waals surface area contributed by atoms with Crippen LogP contribution in [0.5, 0.6) is 0 Å². The fraction of sp³-hybridized carbons (Fsp3) is 0.405. The third-order valence-corrected chi connectivity index (χ3v) is 26.3. The molecular formula is C79H88O3S6. The van der Waals surface area contributed by atoms with Crippen molar-refractivity contribution in [3.05, 3.63) is 168 Å². The van der Waals surface area contributed by atoms with E-state index in [1.165, 1.54) is 165 Å². The standard InChI is InChI=1S/C79H88O3S6/c1-10-18-26-49(14-5)38-53-42-57(44-63-48(9)59-30-22-23-31-60(59)73(63)80)85-76(53)69-46-64-71(67-36-34-55(83-67)40-51(16-7)28-20-12-3)79-65(72(78(64)87-69)68-37-35-56(84-68)41-52(17-8)29-21-13-4)47-70(88-79)77-54(39-50(15-6)27-19-11-2)43-58(86-77)45-66-74(81)61-32-24-25-33-62(61)75(66)82/h22-25,30-37,42-47,49-52H,9-21,26-29,38-41H2,1-8H3/b63-44-. The van der Waals surface area contributed by atoms with Gasteiger partial charge in [-0.1, -0.05) is 213 Å². The molecule has 0 saturated carbocycles. The predicted molar refractivity (Wildman–Crippen MR) is 389 cm³/mol. The normalized spacial score (nSPS) is 15.2. The Labute approximate surface area is 548 Å². The Bertz CT molecular complexity index is 3670. The fourth-order valence-electron chi connectivity index (χ4n) is 13.7. The van der Waals surface area contributed by atoms with Crippen LogP contribution in [0.1, 0.15) is 225 Å². The minimum Gasteiger partial charge on any atom is -0.289 e. The van der Waals surface area contributed by atoms with Gasteiger partial charge in [0, 0.05) is 102 Å². The molecule has 458 valence electrons. The third kappa shape index (κ3) is 13.5. The number of rotatable bonds is 30. The van der Waals surface area contributed by atoms with Crippen molar-refractivity contribution >= 4 is 123 Å². The van der Waals surface area contributed by atoms with Crippen molar-refractivity contribution in [3.8, 4) is 40.4 Å². The van der Waals surface area contributed by atoms with Gasteiger partial charge in [0.15, 0.2) is 17.3 Å². The van der Waals surface area contributed by atoms with E-state index in [4.69, 9.17) is 0 Å². The van der Waals surface area contributed by atoms with Crippen molar-refractivity contribution in [1.29, 1.82) is 0 Å². The van der Waals surface area contributed by atoms with E-state index in [9.17, 15) is 14.4 Å². The molecule has 0 amide bonds. The van der Waals surface area contributed by atoms with Crippen molar-refractivity contribution in [2.24, 2.45) is 23.7 Å². The van der Waals surface area contributed by atoms with Crippen LogP contribution in [0.4, 0.5) is 0 Å². The Morgan fingerprint density at radius 3 is 1.15 bits per heavy atom. The molecule has 6 aromatic heterocycles. The average molecular weight is 1280 g/mol. The minimum atomic E-state index is -0.177. The van der Waals surface area contributed by atoms with E-state index in [0.717, 1.165) is 71.4 Å². The molecule has 0 bridgehead atoms. The van der Waals surface area contributed by atoms with Crippen LogP contribution >= 0.6 is 68.0 Å². The van der Waals surface area contributed by atoms with Gasteiger partial charge < -0.3 is 0 Å². The van der Waals surface area contributed by atoms with E-state index < -0.39 is 0 Å². The number of carbonyl (C=O) groups is 3. The molecule has 6 heterocycles. The summed E-state index contributed by atoms with van der Waals surface area (Å²) >= 11 is 11.5. The quantitative estimate of drug-likeness (QED) is 0.0333. The summed E-state index contributed by atoms with van der Waals surface area (Å²) in [5.41, 5.74) is 9.84. The predicted octanol–water partition coefficient (Wildman–Crippen LogP) is 25.8. The lowest BCUT2D eigenvalue weighted by molar-refractivity contribution is 0.0988. The van der Waals surface area contributed by atoms with Gasteiger partial charge in [0.2, 0.25) is 0 Å². The Morgan fingerprint density at radius 2 is 0.761 bits per heavy atom. The molecule has 0 aliphatic heterocycles. The summed E-state index contributed by atoms with van der Waals surface area (Å²) in [4.78, 5) is 54.9. The lowest BCUT2D eigenvalue weighted by atomic mass is 9.91. The highest BCUT2D eigenvalue weighted by atomic mass is 32.1. The lowest BCUT2D eigenvalue weighted by Crippen LogP contribution is -2.03. The van der Waals surface area contributed by atoms with Crippen LogP contribution in [0.3, 0.4) is 0 Å². The molecule has 88 heavy (non-hydrogen) atoms. The summed E-state index contributed by atoms with van der Waals surface area (Å²) in [6.07, 6.45) is 27.4. The largest absolute Gasteiger partial charge is 0.289 e. The Kier molecular flexibility index (Phi) is 21.3. The Balaban J connectivity index is 1.15. The first kappa shape index (κ1) is 64.2. The molecule has 4 atom stereocenters. The van der Waals surface area contributed by atoms with E-state index in [2.05, 4.69) is 117 Å². The van der Waals surface area contributed by atoms with Crippen molar-refractivity contribution in [2.75, 3.05) is 0 Å². The summed E-state index contributed by atoms with van der Waals surface area (Å²) in [6.45, 7) is 23.1. The number of allylic oxidation sites excluding steroid dienone is 3. The second-order valence-electron chi connectivity index (χ2n) is 25.2. The number of carbonyl (C=O) groups excluding carboxylic acids is 3. The molecule has 0 saturated heterocycles. The summed E-state index contributed by atoms with van der Waals surface area (Å²) in [5, 5.41) is 2.62. The van der Waals surface area contributed by atoms with Crippen LogP contribution in [-0.4, -0.2) is 17.3 Å². The van der Waals surface area contributed by atoms with Gasteiger partial charge in [0.05, 0.1) is 5.57 Å². The van der Waals surface area contributed by atoms with Crippen molar-refractivity contribution in [2.45, 2.75) is 184 Å². The summed E-state index contributed by atoms with van der Waals surface area (Å²) in [6, 6.07) is 34.8. The zero-order valence-electron chi connectivity index (χ0n) is 53.2. The zero-order valence-corrected chi connectivity index (χ0v) is 58.1. The van der Waals surface area contributed by atoms with Gasteiger partial charge in [0.25, 0.3) is 0 Å². The molecule has 9 heteroatoms. The number of hydrogen-bond donors (Lipinski definition) is 0. The number of ketones is 3. The fourth-order valence-corrected chi connectivity index (χ4v) is 21.2. The smallest absolute Gasteiger partial charge is 0.197 e. The molecule has 0 spiro atoms. The number of fused-ring (bicyclic) bond motifs is 4. The Morgan fingerprint density at radius 1 is 0.398 bits per heavy atom. The summed E-state index contributed by atoms with van der Waals surface area (Å²) < 4.78 is 2.66. The van der Waals surface area contributed by atoms with Crippen LogP contribution in [0.15, 0.2) is 115 Å². The second kappa shape index (κ2) is 29.3. The second-order valence-corrected chi connectivity index (χ2v) is 31.8. The lowest BCUT2D eigenvalue weighted by Gasteiger charge is -2.14. The van der Waals surface area contributed by atoms with Crippen molar-refractivity contribution in [3.63, 3.8) is 0 Å². The monoisotopic (exact) mass is 1280 g/mol.